The van der Waals surface area contributed by atoms with Crippen molar-refractivity contribution in [3.05, 3.63) is 29.6 Å². The van der Waals surface area contributed by atoms with Crippen LogP contribution in [0.4, 0.5) is 4.39 Å². The molecule has 0 amide bonds. The van der Waals surface area contributed by atoms with Crippen molar-refractivity contribution in [2.45, 2.75) is 18.9 Å². The molecule has 0 heterocycles. The van der Waals surface area contributed by atoms with E-state index >= 15 is 0 Å². The van der Waals surface area contributed by atoms with Crippen LogP contribution in [-0.4, -0.2) is 40.9 Å². The Morgan fingerprint density at radius 1 is 1.43 bits per heavy atom. The van der Waals surface area contributed by atoms with E-state index in [1.807, 2.05) is 0 Å². The summed E-state index contributed by atoms with van der Waals surface area (Å²) >= 11 is 0. The summed E-state index contributed by atoms with van der Waals surface area (Å²) in [6, 6.07) is 2.32. The van der Waals surface area contributed by atoms with E-state index in [0.29, 0.717) is 13.0 Å². The number of nitrogens with two attached hydrogens (primary N) is 2. The summed E-state index contributed by atoms with van der Waals surface area (Å²) in [5.41, 5.74) is 10.4. The minimum atomic E-state index is -1.12. The molecule has 0 aliphatic heterocycles. The zero-order chi connectivity index (χ0) is 15.8. The van der Waals surface area contributed by atoms with Crippen LogP contribution in [0.5, 0.6) is 5.75 Å². The molecule has 1 rings (SSSR count). The van der Waals surface area contributed by atoms with E-state index in [0.717, 1.165) is 18.3 Å². The van der Waals surface area contributed by atoms with Crippen molar-refractivity contribution in [1.29, 1.82) is 0 Å². The van der Waals surface area contributed by atoms with E-state index in [9.17, 15) is 14.3 Å². The molecule has 1 aromatic rings. The summed E-state index contributed by atoms with van der Waals surface area (Å²) in [5.74, 6) is -1.90. The van der Waals surface area contributed by atoms with E-state index in [4.69, 9.17) is 16.6 Å². The van der Waals surface area contributed by atoms with Gasteiger partial charge in [-0.05, 0) is 31.0 Å². The molecule has 0 aliphatic rings. The molecule has 0 saturated heterocycles. The van der Waals surface area contributed by atoms with Gasteiger partial charge >= 0.3 is 5.97 Å². The molecule has 1 atom stereocenters. The Balaban J connectivity index is 2.69. The highest BCUT2D eigenvalue weighted by Crippen LogP contribution is 2.16. The summed E-state index contributed by atoms with van der Waals surface area (Å²) in [6.45, 7) is 0.298. The molecule has 0 fully saturated rings. The van der Waals surface area contributed by atoms with Gasteiger partial charge in [0, 0.05) is 18.3 Å². The van der Waals surface area contributed by atoms with Crippen molar-refractivity contribution in [2.75, 3.05) is 6.54 Å². The van der Waals surface area contributed by atoms with Crippen LogP contribution in [0.2, 0.25) is 0 Å². The van der Waals surface area contributed by atoms with Crippen LogP contribution in [0.3, 0.4) is 0 Å². The maximum absolute atomic E-state index is 13.0. The average Bonchev–Trinajstić information content (AvgIpc) is 2.40. The third kappa shape index (κ3) is 5.89. The van der Waals surface area contributed by atoms with Crippen LogP contribution >= 0.6 is 0 Å². The highest BCUT2D eigenvalue weighted by atomic mass is 19.1. The van der Waals surface area contributed by atoms with Crippen molar-refractivity contribution in [3.8, 4) is 5.75 Å². The topological polar surface area (TPSA) is 134 Å². The maximum atomic E-state index is 13.0. The summed E-state index contributed by atoms with van der Waals surface area (Å²) in [7, 11) is 0. The molecule has 21 heavy (non-hydrogen) atoms. The first kappa shape index (κ1) is 16.4. The van der Waals surface area contributed by atoms with Gasteiger partial charge < -0.3 is 21.7 Å². The van der Waals surface area contributed by atoms with E-state index < -0.39 is 17.8 Å². The zero-order valence-corrected chi connectivity index (χ0v) is 11.2. The first-order chi connectivity index (χ1) is 9.90. The fraction of sp³-hybridized carbons (Fsp3) is 0.308. The molecular formula is C13H17FN4O3. The van der Waals surface area contributed by atoms with Crippen molar-refractivity contribution < 1.29 is 19.4 Å². The van der Waals surface area contributed by atoms with Gasteiger partial charge in [-0.15, -0.1) is 0 Å². The Kier molecular flexibility index (Phi) is 6.12. The van der Waals surface area contributed by atoms with Crippen molar-refractivity contribution in [3.63, 3.8) is 0 Å². The number of carboxylic acid groups (broad SMARTS) is 1. The van der Waals surface area contributed by atoms with Gasteiger partial charge in [-0.25, -0.2) is 9.18 Å². The highest BCUT2D eigenvalue weighted by Gasteiger charge is 2.14. The van der Waals surface area contributed by atoms with E-state index in [1.54, 1.807) is 0 Å². The Morgan fingerprint density at radius 3 is 2.76 bits per heavy atom. The lowest BCUT2D eigenvalue weighted by molar-refractivity contribution is -0.138. The second-order valence-corrected chi connectivity index (χ2v) is 4.28. The standard InChI is InChI=1S/C13H17FN4O3/c14-9-3-4-11(19)8(6-9)7-18-10(12(20)21)2-1-5-17-13(15)16/h3-4,6-7,10,19H,1-2,5H2,(H,20,21)(H4,15,16,17). The molecule has 0 saturated carbocycles. The number of hydrogen-bond acceptors (Lipinski definition) is 4. The fourth-order valence-corrected chi connectivity index (χ4v) is 1.55. The predicted molar refractivity (Wildman–Crippen MR) is 77.0 cm³/mol. The van der Waals surface area contributed by atoms with Crippen molar-refractivity contribution in [2.24, 2.45) is 21.5 Å². The molecule has 0 bridgehead atoms. The molecule has 114 valence electrons. The van der Waals surface area contributed by atoms with Gasteiger partial charge in [0.25, 0.3) is 0 Å². The van der Waals surface area contributed by atoms with Crippen LogP contribution in [0.1, 0.15) is 18.4 Å². The smallest absolute Gasteiger partial charge is 0.328 e. The fourth-order valence-electron chi connectivity index (χ4n) is 1.55. The third-order valence-corrected chi connectivity index (χ3v) is 2.60. The number of hydrogen-bond donors (Lipinski definition) is 4. The van der Waals surface area contributed by atoms with Gasteiger partial charge in [0.05, 0.1) is 0 Å². The zero-order valence-electron chi connectivity index (χ0n) is 11.2. The number of nitrogens with zero attached hydrogens (tertiary/aromatic N) is 2. The van der Waals surface area contributed by atoms with Gasteiger partial charge in [0.15, 0.2) is 5.96 Å². The Labute approximate surface area is 120 Å². The summed E-state index contributed by atoms with van der Waals surface area (Å²) in [4.78, 5) is 18.7. The average molecular weight is 296 g/mol. The molecule has 6 N–H and O–H groups in total. The van der Waals surface area contributed by atoms with E-state index in [1.165, 1.54) is 6.07 Å². The normalized spacial score (nSPS) is 12.2. The first-order valence-corrected chi connectivity index (χ1v) is 6.20. The SMILES string of the molecule is NC(N)=NCCCC(N=Cc1cc(F)ccc1O)C(=O)O. The van der Waals surface area contributed by atoms with Crippen molar-refractivity contribution in [1.82, 2.24) is 0 Å². The largest absolute Gasteiger partial charge is 0.507 e. The second kappa shape index (κ2) is 7.83. The number of halogens is 1. The van der Waals surface area contributed by atoms with Crippen LogP contribution in [0.15, 0.2) is 28.2 Å². The lowest BCUT2D eigenvalue weighted by Crippen LogP contribution is -2.23. The summed E-state index contributed by atoms with van der Waals surface area (Å²) in [6.07, 6.45) is 1.79. The van der Waals surface area contributed by atoms with Crippen LogP contribution < -0.4 is 11.5 Å². The molecule has 1 aromatic carbocycles. The molecule has 0 aliphatic carbocycles. The number of rotatable bonds is 7. The number of phenolic OH excluding ortho intramolecular Hbond substituents is 1. The third-order valence-electron chi connectivity index (χ3n) is 2.60. The summed E-state index contributed by atoms with van der Waals surface area (Å²) in [5, 5.41) is 18.6. The maximum Gasteiger partial charge on any atom is 0.328 e. The van der Waals surface area contributed by atoms with Crippen molar-refractivity contribution >= 4 is 18.1 Å². The number of aromatic hydroxyl groups is 1. The van der Waals surface area contributed by atoms with Crippen LogP contribution in [-0.2, 0) is 4.79 Å². The van der Waals surface area contributed by atoms with Crippen LogP contribution in [0, 0.1) is 5.82 Å². The summed E-state index contributed by atoms with van der Waals surface area (Å²) < 4.78 is 13.0. The molecule has 7 nitrogen and oxygen atoms in total. The highest BCUT2D eigenvalue weighted by molar-refractivity contribution is 5.86. The number of carboxylic acids is 1. The molecule has 0 spiro atoms. The minimum Gasteiger partial charge on any atom is -0.507 e. The number of guanidine groups is 1. The van der Waals surface area contributed by atoms with Gasteiger partial charge in [-0.3, -0.25) is 9.98 Å². The monoisotopic (exact) mass is 296 g/mol. The van der Waals surface area contributed by atoms with Gasteiger partial charge in [-0.1, -0.05) is 0 Å². The minimum absolute atomic E-state index is 0.0601. The number of aliphatic imine (C=N–C) groups is 2. The Morgan fingerprint density at radius 2 is 2.14 bits per heavy atom. The molecular weight excluding hydrogens is 279 g/mol. The van der Waals surface area contributed by atoms with Gasteiger partial charge in [0.2, 0.25) is 0 Å². The molecule has 0 radical (unpaired) electrons. The molecule has 1 unspecified atom stereocenters. The number of aliphatic carboxylic acids is 1. The van der Waals surface area contributed by atoms with E-state index in [2.05, 4.69) is 9.98 Å². The number of benzene rings is 1. The van der Waals surface area contributed by atoms with Crippen LogP contribution in [0.25, 0.3) is 0 Å². The molecule has 8 heteroatoms. The number of carbonyl (C=O) groups is 1. The quantitative estimate of drug-likeness (QED) is 0.329. The van der Waals surface area contributed by atoms with Gasteiger partial charge in [0.1, 0.15) is 17.6 Å². The second-order valence-electron chi connectivity index (χ2n) is 4.28. The molecule has 0 aromatic heterocycles. The Bertz CT molecular complexity index is 556. The first-order valence-electron chi connectivity index (χ1n) is 6.20. The number of phenols is 1. The van der Waals surface area contributed by atoms with Gasteiger partial charge in [-0.2, -0.15) is 0 Å². The lowest BCUT2D eigenvalue weighted by Gasteiger charge is -2.06. The Hall–Kier alpha value is -2.64. The lowest BCUT2D eigenvalue weighted by atomic mass is 10.1. The van der Waals surface area contributed by atoms with E-state index in [-0.39, 0.29) is 23.7 Å². The predicted octanol–water partition coefficient (Wildman–Crippen LogP) is 0.457.